The minimum atomic E-state index is 0.0999. The molecule has 0 aliphatic carbocycles. The molecule has 5 nitrogen and oxygen atoms in total. The van der Waals surface area contributed by atoms with E-state index in [1.807, 2.05) is 29.2 Å². The van der Waals surface area contributed by atoms with E-state index in [2.05, 4.69) is 12.2 Å². The van der Waals surface area contributed by atoms with Gasteiger partial charge in [0.1, 0.15) is 5.75 Å². The van der Waals surface area contributed by atoms with Gasteiger partial charge in [-0.15, -0.1) is 0 Å². The van der Waals surface area contributed by atoms with Crippen molar-refractivity contribution in [2.45, 2.75) is 32.2 Å². The first kappa shape index (κ1) is 17.8. The van der Waals surface area contributed by atoms with E-state index in [4.69, 9.17) is 9.47 Å². The molecular weight excluding hydrogens is 292 g/mol. The van der Waals surface area contributed by atoms with Crippen molar-refractivity contribution in [1.29, 1.82) is 0 Å². The average molecular weight is 320 g/mol. The first-order valence-electron chi connectivity index (χ1n) is 8.49. The summed E-state index contributed by atoms with van der Waals surface area (Å²) in [6.07, 6.45) is 2.83. The first-order valence-corrected chi connectivity index (χ1v) is 8.49. The van der Waals surface area contributed by atoms with Crippen LogP contribution in [0.2, 0.25) is 0 Å². The van der Waals surface area contributed by atoms with Gasteiger partial charge >= 0.3 is 0 Å². The van der Waals surface area contributed by atoms with Gasteiger partial charge in [-0.3, -0.25) is 4.79 Å². The highest BCUT2D eigenvalue weighted by molar-refractivity contribution is 5.94. The van der Waals surface area contributed by atoms with Crippen LogP contribution in [0.3, 0.4) is 0 Å². The summed E-state index contributed by atoms with van der Waals surface area (Å²) in [4.78, 5) is 14.9. The van der Waals surface area contributed by atoms with Gasteiger partial charge in [-0.25, -0.2) is 0 Å². The molecular formula is C18H28N2O3. The Bertz CT molecular complexity index is 487. The molecule has 0 saturated carbocycles. The lowest BCUT2D eigenvalue weighted by Gasteiger charge is -2.28. The van der Waals surface area contributed by atoms with Crippen LogP contribution in [0.4, 0.5) is 0 Å². The molecule has 0 aromatic heterocycles. The summed E-state index contributed by atoms with van der Waals surface area (Å²) in [6, 6.07) is 7.80. The number of methoxy groups -OCH3 is 1. The third-order valence-corrected chi connectivity index (χ3v) is 4.04. The van der Waals surface area contributed by atoms with Gasteiger partial charge in [0.05, 0.1) is 6.61 Å². The number of carbonyl (C=O) groups is 1. The number of amides is 1. The van der Waals surface area contributed by atoms with Crippen molar-refractivity contribution < 1.29 is 14.3 Å². The largest absolute Gasteiger partial charge is 0.493 e. The van der Waals surface area contributed by atoms with Crippen LogP contribution in [0.25, 0.3) is 0 Å². The van der Waals surface area contributed by atoms with Crippen LogP contribution >= 0.6 is 0 Å². The van der Waals surface area contributed by atoms with E-state index in [1.165, 1.54) is 0 Å². The quantitative estimate of drug-likeness (QED) is 0.710. The summed E-state index contributed by atoms with van der Waals surface area (Å²) in [5, 5.41) is 3.34. The molecule has 1 aliphatic rings. The van der Waals surface area contributed by atoms with Crippen LogP contribution in [0.1, 0.15) is 36.5 Å². The molecule has 1 saturated heterocycles. The first-order chi connectivity index (χ1) is 11.3. The summed E-state index contributed by atoms with van der Waals surface area (Å²) in [5.74, 6) is 0.843. The lowest BCUT2D eigenvalue weighted by Crippen LogP contribution is -2.42. The monoisotopic (exact) mass is 320 g/mol. The van der Waals surface area contributed by atoms with E-state index in [1.54, 1.807) is 7.11 Å². The lowest BCUT2D eigenvalue weighted by atomic mass is 10.1. The van der Waals surface area contributed by atoms with Crippen LogP contribution in [0, 0.1) is 0 Å². The Morgan fingerprint density at radius 2 is 2.26 bits per heavy atom. The van der Waals surface area contributed by atoms with Crippen molar-refractivity contribution in [3.63, 3.8) is 0 Å². The molecule has 0 spiro atoms. The molecule has 1 aromatic carbocycles. The predicted octanol–water partition coefficient (Wildman–Crippen LogP) is 2.32. The van der Waals surface area contributed by atoms with Crippen molar-refractivity contribution in [2.75, 3.05) is 40.0 Å². The Balaban J connectivity index is 2.01. The number of nitrogens with one attached hydrogen (secondary N) is 1. The molecule has 1 amide bonds. The molecule has 128 valence electrons. The van der Waals surface area contributed by atoms with Crippen LogP contribution in [0.5, 0.6) is 5.75 Å². The predicted molar refractivity (Wildman–Crippen MR) is 91.0 cm³/mol. The maximum atomic E-state index is 12.9. The van der Waals surface area contributed by atoms with E-state index in [0.717, 1.165) is 44.6 Å². The molecule has 1 unspecified atom stereocenters. The minimum absolute atomic E-state index is 0.0999. The smallest absolute Gasteiger partial charge is 0.254 e. The highest BCUT2D eigenvalue weighted by Crippen LogP contribution is 2.18. The van der Waals surface area contributed by atoms with E-state index in [0.29, 0.717) is 24.8 Å². The van der Waals surface area contributed by atoms with Crippen LogP contribution < -0.4 is 10.1 Å². The fraction of sp³-hybridized carbons (Fsp3) is 0.611. The molecule has 2 rings (SSSR count). The topological polar surface area (TPSA) is 50.8 Å². The molecule has 23 heavy (non-hydrogen) atoms. The Morgan fingerprint density at radius 1 is 1.39 bits per heavy atom. The van der Waals surface area contributed by atoms with Gasteiger partial charge in [-0.05, 0) is 37.6 Å². The molecule has 1 aromatic rings. The number of ether oxygens (including phenoxy) is 2. The fourth-order valence-corrected chi connectivity index (χ4v) is 2.87. The zero-order valence-electron chi connectivity index (χ0n) is 14.2. The number of carbonyl (C=O) groups excluding carboxylic acids is 1. The van der Waals surface area contributed by atoms with Gasteiger partial charge in [-0.1, -0.05) is 13.0 Å². The maximum absolute atomic E-state index is 12.9. The molecule has 1 aliphatic heterocycles. The standard InChI is InChI=1S/C18H28N2O3/c1-3-10-20(16-8-9-19-14-16)18(21)15-6-4-7-17(13-15)23-12-5-11-22-2/h4,6-7,13,16,19H,3,5,8-12,14H2,1-2H3. The number of hydrogen-bond acceptors (Lipinski definition) is 4. The molecule has 1 heterocycles. The number of rotatable bonds is 9. The highest BCUT2D eigenvalue weighted by atomic mass is 16.5. The zero-order chi connectivity index (χ0) is 16.5. The summed E-state index contributed by atoms with van der Waals surface area (Å²) in [6.45, 7) is 6.05. The van der Waals surface area contributed by atoms with Gasteiger partial charge in [-0.2, -0.15) is 0 Å². The molecule has 0 bridgehead atoms. The van der Waals surface area contributed by atoms with Gasteiger partial charge < -0.3 is 19.7 Å². The summed E-state index contributed by atoms with van der Waals surface area (Å²) in [5.41, 5.74) is 0.703. The second-order valence-corrected chi connectivity index (χ2v) is 5.87. The van der Waals surface area contributed by atoms with Crippen molar-refractivity contribution in [3.8, 4) is 5.75 Å². The van der Waals surface area contributed by atoms with Crippen molar-refractivity contribution in [3.05, 3.63) is 29.8 Å². The van der Waals surface area contributed by atoms with Crippen LogP contribution in [-0.2, 0) is 4.74 Å². The molecule has 0 radical (unpaired) electrons. The normalized spacial score (nSPS) is 17.2. The third-order valence-electron chi connectivity index (χ3n) is 4.04. The summed E-state index contributed by atoms with van der Waals surface area (Å²) in [7, 11) is 1.68. The average Bonchev–Trinajstić information content (AvgIpc) is 3.10. The second kappa shape index (κ2) is 9.53. The van der Waals surface area contributed by atoms with Crippen molar-refractivity contribution >= 4 is 5.91 Å². The summed E-state index contributed by atoms with van der Waals surface area (Å²) < 4.78 is 10.7. The zero-order valence-corrected chi connectivity index (χ0v) is 14.2. The Morgan fingerprint density at radius 3 is 2.96 bits per heavy atom. The number of benzene rings is 1. The van der Waals surface area contributed by atoms with Gasteiger partial charge in [0.25, 0.3) is 5.91 Å². The molecule has 1 N–H and O–H groups in total. The fourth-order valence-electron chi connectivity index (χ4n) is 2.87. The molecule has 1 atom stereocenters. The number of hydrogen-bond donors (Lipinski definition) is 1. The van der Waals surface area contributed by atoms with Crippen LogP contribution in [-0.4, -0.2) is 56.8 Å². The lowest BCUT2D eigenvalue weighted by molar-refractivity contribution is 0.0691. The Kier molecular flexibility index (Phi) is 7.36. The molecule has 5 heteroatoms. The highest BCUT2D eigenvalue weighted by Gasteiger charge is 2.26. The van der Waals surface area contributed by atoms with Crippen LogP contribution in [0.15, 0.2) is 24.3 Å². The van der Waals surface area contributed by atoms with Crippen molar-refractivity contribution in [1.82, 2.24) is 10.2 Å². The molecule has 1 fully saturated rings. The van der Waals surface area contributed by atoms with E-state index in [-0.39, 0.29) is 5.91 Å². The SMILES string of the molecule is CCCN(C(=O)c1cccc(OCCCOC)c1)C1CCNC1. The van der Waals surface area contributed by atoms with E-state index >= 15 is 0 Å². The third kappa shape index (κ3) is 5.22. The van der Waals surface area contributed by atoms with E-state index in [9.17, 15) is 4.79 Å². The van der Waals surface area contributed by atoms with Gasteiger partial charge in [0.2, 0.25) is 0 Å². The van der Waals surface area contributed by atoms with E-state index < -0.39 is 0 Å². The number of nitrogens with zero attached hydrogens (tertiary/aromatic N) is 1. The Labute approximate surface area is 139 Å². The Hall–Kier alpha value is -1.59. The van der Waals surface area contributed by atoms with Crippen molar-refractivity contribution in [2.24, 2.45) is 0 Å². The second-order valence-electron chi connectivity index (χ2n) is 5.87. The summed E-state index contributed by atoms with van der Waals surface area (Å²) >= 11 is 0. The maximum Gasteiger partial charge on any atom is 0.254 e. The minimum Gasteiger partial charge on any atom is -0.493 e. The van der Waals surface area contributed by atoms with Gasteiger partial charge in [0.15, 0.2) is 0 Å². The van der Waals surface area contributed by atoms with Gasteiger partial charge in [0, 0.05) is 44.8 Å².